The average Bonchev–Trinajstić information content (AvgIpc) is 3.01. The first-order chi connectivity index (χ1) is 7.93. The second-order valence-corrected chi connectivity index (χ2v) is 3.43. The number of benzene rings is 1. The molecule has 0 spiro atoms. The summed E-state index contributed by atoms with van der Waals surface area (Å²) in [6.45, 7) is 0. The van der Waals surface area contributed by atoms with Gasteiger partial charge in [-0.05, 0) is 5.10 Å². The van der Waals surface area contributed by atoms with Crippen LogP contribution in [0.1, 0.15) is 0 Å². The van der Waals surface area contributed by atoms with Crippen molar-refractivity contribution in [3.05, 3.63) is 48.8 Å². The first-order valence-electron chi connectivity index (χ1n) is 5.04. The highest BCUT2D eigenvalue weighted by atomic mass is 15.5. The first-order valence-corrected chi connectivity index (χ1v) is 5.04. The Hall–Kier alpha value is -2.20. The van der Waals surface area contributed by atoms with Gasteiger partial charge in [0, 0.05) is 11.6 Å². The van der Waals surface area contributed by atoms with E-state index in [0.29, 0.717) is 0 Å². The number of hydrogen-bond acceptors (Lipinski definition) is 3. The van der Waals surface area contributed by atoms with Crippen molar-refractivity contribution < 1.29 is 0 Å². The van der Waals surface area contributed by atoms with Crippen LogP contribution in [-0.4, -0.2) is 16.2 Å². The SMILES string of the molecule is C1=C[N+](c2cnc(-c3ccccc3)[nH]2)N=C1. The van der Waals surface area contributed by atoms with Gasteiger partial charge < -0.3 is 0 Å². The van der Waals surface area contributed by atoms with Gasteiger partial charge in [-0.3, -0.25) is 4.98 Å². The van der Waals surface area contributed by atoms with Crippen molar-refractivity contribution >= 4 is 12.0 Å². The number of hydrogen-bond donors (Lipinski definition) is 1. The molecule has 0 unspecified atom stereocenters. The number of aromatic nitrogens is 2. The van der Waals surface area contributed by atoms with Crippen molar-refractivity contribution in [3.8, 4) is 11.4 Å². The number of H-pyrrole nitrogens is 1. The molecular weight excluding hydrogens is 200 g/mol. The van der Waals surface area contributed by atoms with E-state index in [0.717, 1.165) is 17.2 Å². The second kappa shape index (κ2) is 3.75. The summed E-state index contributed by atoms with van der Waals surface area (Å²) < 4.78 is 0. The number of rotatable bonds is 2. The number of nitrogens with one attached hydrogen (secondary N) is 1. The molecule has 1 aromatic carbocycles. The average molecular weight is 210 g/mol. The molecule has 2 heterocycles. The van der Waals surface area contributed by atoms with E-state index in [9.17, 15) is 0 Å². The van der Waals surface area contributed by atoms with Crippen molar-refractivity contribution in [1.82, 2.24) is 15.0 Å². The molecule has 0 atom stereocenters. The molecule has 1 radical (unpaired) electrons. The summed E-state index contributed by atoms with van der Waals surface area (Å²) in [6, 6.07) is 10.0. The third-order valence-corrected chi connectivity index (χ3v) is 2.36. The van der Waals surface area contributed by atoms with Crippen LogP contribution >= 0.6 is 0 Å². The number of anilines is 1. The zero-order valence-electron chi connectivity index (χ0n) is 8.54. The fourth-order valence-electron chi connectivity index (χ4n) is 1.58. The van der Waals surface area contributed by atoms with Crippen LogP contribution in [0.3, 0.4) is 0 Å². The molecule has 0 amide bonds. The van der Waals surface area contributed by atoms with Gasteiger partial charge in [0.15, 0.2) is 6.20 Å². The van der Waals surface area contributed by atoms with Crippen LogP contribution in [0, 0.1) is 0 Å². The number of nitrogens with zero attached hydrogens (tertiary/aromatic N) is 3. The number of hydrazone groups is 1. The lowest BCUT2D eigenvalue weighted by molar-refractivity contribution is 0.735. The lowest BCUT2D eigenvalue weighted by atomic mass is 10.2. The third-order valence-electron chi connectivity index (χ3n) is 2.36. The predicted octanol–water partition coefficient (Wildman–Crippen LogP) is 2.36. The van der Waals surface area contributed by atoms with Crippen LogP contribution in [0.25, 0.3) is 11.4 Å². The molecule has 0 aliphatic carbocycles. The summed E-state index contributed by atoms with van der Waals surface area (Å²) in [4.78, 5) is 7.55. The molecule has 4 nitrogen and oxygen atoms in total. The quantitative estimate of drug-likeness (QED) is 0.760. The molecule has 3 rings (SSSR count). The van der Waals surface area contributed by atoms with Gasteiger partial charge in [0.25, 0.3) is 0 Å². The van der Waals surface area contributed by atoms with Gasteiger partial charge in [-0.15, -0.1) is 0 Å². The van der Waals surface area contributed by atoms with Crippen molar-refractivity contribution in [2.24, 2.45) is 5.10 Å². The number of allylic oxidation sites excluding steroid dienone is 1. The fraction of sp³-hybridized carbons (Fsp3) is 0. The Labute approximate surface area is 92.9 Å². The lowest BCUT2D eigenvalue weighted by Crippen LogP contribution is -2.05. The van der Waals surface area contributed by atoms with Crippen LogP contribution in [0.4, 0.5) is 5.82 Å². The molecule has 0 bridgehead atoms. The normalized spacial score (nSPS) is 14.8. The Morgan fingerprint density at radius 3 is 2.75 bits per heavy atom. The smallest absolute Gasteiger partial charge is 0.287 e. The minimum Gasteiger partial charge on any atom is -0.287 e. The highest BCUT2D eigenvalue weighted by Gasteiger charge is 2.21. The van der Waals surface area contributed by atoms with E-state index < -0.39 is 0 Å². The number of imidazole rings is 1. The van der Waals surface area contributed by atoms with E-state index in [1.54, 1.807) is 17.4 Å². The van der Waals surface area contributed by atoms with E-state index in [1.165, 1.54) is 0 Å². The molecule has 0 fully saturated rings. The van der Waals surface area contributed by atoms with Gasteiger partial charge in [0.05, 0.1) is 11.2 Å². The van der Waals surface area contributed by atoms with Crippen LogP contribution in [-0.2, 0) is 0 Å². The standard InChI is InChI=1S/C12H10N4/c1-2-5-10(6-3-1)12-13-9-11(15-12)16-8-4-7-14-16/h1-9H,(H,13,15)/q+1. The van der Waals surface area contributed by atoms with E-state index >= 15 is 0 Å². The molecule has 1 aliphatic heterocycles. The van der Waals surface area contributed by atoms with E-state index in [4.69, 9.17) is 0 Å². The Kier molecular flexibility index (Phi) is 2.12. The molecule has 1 N–H and O–H groups in total. The van der Waals surface area contributed by atoms with Crippen LogP contribution in [0.2, 0.25) is 0 Å². The van der Waals surface area contributed by atoms with Crippen LogP contribution < -0.4 is 5.01 Å². The molecular formula is C12H10N4+. The van der Waals surface area contributed by atoms with Gasteiger partial charge in [0.1, 0.15) is 12.0 Å². The highest BCUT2D eigenvalue weighted by Crippen LogP contribution is 2.20. The van der Waals surface area contributed by atoms with E-state index in [2.05, 4.69) is 15.1 Å². The Morgan fingerprint density at radius 2 is 2.00 bits per heavy atom. The van der Waals surface area contributed by atoms with Gasteiger partial charge in [-0.2, -0.15) is 0 Å². The largest absolute Gasteiger partial charge is 0.310 e. The highest BCUT2D eigenvalue weighted by molar-refractivity contribution is 5.74. The summed E-state index contributed by atoms with van der Waals surface area (Å²) in [7, 11) is 0. The maximum absolute atomic E-state index is 4.33. The minimum absolute atomic E-state index is 0.853. The van der Waals surface area contributed by atoms with E-state index in [1.807, 2.05) is 42.6 Å². The van der Waals surface area contributed by atoms with Crippen molar-refractivity contribution in [3.63, 3.8) is 0 Å². The lowest BCUT2D eigenvalue weighted by Gasteiger charge is -1.94. The summed E-state index contributed by atoms with van der Waals surface area (Å²) in [5.41, 5.74) is 1.07. The van der Waals surface area contributed by atoms with Gasteiger partial charge in [0.2, 0.25) is 0 Å². The Bertz CT molecular complexity index is 527. The van der Waals surface area contributed by atoms with Crippen molar-refractivity contribution in [2.75, 3.05) is 0 Å². The fourth-order valence-corrected chi connectivity index (χ4v) is 1.58. The molecule has 4 heteroatoms. The molecule has 77 valence electrons. The molecule has 1 aliphatic rings. The topological polar surface area (TPSA) is 46.9 Å². The summed E-state index contributed by atoms with van der Waals surface area (Å²) in [6.07, 6.45) is 7.27. The molecule has 0 saturated heterocycles. The predicted molar refractivity (Wildman–Crippen MR) is 63.4 cm³/mol. The second-order valence-electron chi connectivity index (χ2n) is 3.43. The molecule has 1 aromatic heterocycles. The monoisotopic (exact) mass is 210 g/mol. The van der Waals surface area contributed by atoms with Crippen LogP contribution in [0.15, 0.2) is 53.9 Å². The maximum atomic E-state index is 4.33. The molecule has 2 aromatic rings. The number of aromatic amines is 1. The zero-order chi connectivity index (χ0) is 10.8. The van der Waals surface area contributed by atoms with Gasteiger partial charge in [-0.1, -0.05) is 30.3 Å². The van der Waals surface area contributed by atoms with Crippen molar-refractivity contribution in [1.29, 1.82) is 0 Å². The molecule has 0 saturated carbocycles. The van der Waals surface area contributed by atoms with E-state index in [-0.39, 0.29) is 0 Å². The van der Waals surface area contributed by atoms with Crippen LogP contribution in [0.5, 0.6) is 0 Å². The first kappa shape index (κ1) is 9.06. The summed E-state index contributed by atoms with van der Waals surface area (Å²) >= 11 is 0. The zero-order valence-corrected chi connectivity index (χ0v) is 8.54. The third kappa shape index (κ3) is 1.55. The molecule has 16 heavy (non-hydrogen) atoms. The van der Waals surface area contributed by atoms with Crippen molar-refractivity contribution in [2.45, 2.75) is 0 Å². The summed E-state index contributed by atoms with van der Waals surface area (Å²) in [5.74, 6) is 1.72. The van der Waals surface area contributed by atoms with Gasteiger partial charge in [-0.25, -0.2) is 4.98 Å². The summed E-state index contributed by atoms with van der Waals surface area (Å²) in [5, 5.41) is 5.89. The Balaban J connectivity index is 1.94. The Morgan fingerprint density at radius 1 is 1.12 bits per heavy atom. The maximum Gasteiger partial charge on any atom is 0.310 e. The van der Waals surface area contributed by atoms with Gasteiger partial charge >= 0.3 is 5.82 Å². The minimum atomic E-state index is 0.853.